The van der Waals surface area contributed by atoms with E-state index in [4.69, 9.17) is 18.9 Å². The molecule has 5 atom stereocenters. The molecule has 9 nitrogen and oxygen atoms in total. The van der Waals surface area contributed by atoms with Crippen molar-refractivity contribution in [2.75, 3.05) is 32.1 Å². The van der Waals surface area contributed by atoms with E-state index in [1.165, 1.54) is 0 Å². The van der Waals surface area contributed by atoms with Crippen molar-refractivity contribution in [1.82, 2.24) is 10.2 Å². The number of carbonyl (C=O) groups excluding carboxylic acids is 1. The number of methoxy groups -OCH3 is 1. The van der Waals surface area contributed by atoms with Crippen molar-refractivity contribution in [2.24, 2.45) is 5.92 Å². The Balaban J connectivity index is 1.07. The molecule has 4 aromatic rings. The van der Waals surface area contributed by atoms with Crippen molar-refractivity contribution in [2.45, 2.75) is 57.5 Å². The van der Waals surface area contributed by atoms with Crippen molar-refractivity contribution in [1.29, 1.82) is 0 Å². The number of aliphatic hydroxyl groups is 1. The van der Waals surface area contributed by atoms with Crippen LogP contribution in [0.1, 0.15) is 54.4 Å². The van der Waals surface area contributed by atoms with Gasteiger partial charge in [-0.2, -0.15) is 0 Å². The minimum atomic E-state index is -0.545. The molecule has 2 aliphatic heterocycles. The molecule has 0 radical (unpaired) electrons. The van der Waals surface area contributed by atoms with E-state index >= 15 is 0 Å². The third-order valence-electron chi connectivity index (χ3n) is 9.19. The van der Waals surface area contributed by atoms with Gasteiger partial charge >= 0.3 is 6.03 Å². The van der Waals surface area contributed by atoms with E-state index in [0.29, 0.717) is 24.0 Å². The van der Waals surface area contributed by atoms with Gasteiger partial charge in [-0.15, -0.1) is 0 Å². The number of urea groups is 1. The minimum absolute atomic E-state index is 0.00610. The van der Waals surface area contributed by atoms with Crippen LogP contribution in [-0.2, 0) is 27.4 Å². The number of aliphatic hydroxyl groups excluding tert-OH is 1. The van der Waals surface area contributed by atoms with Crippen LogP contribution >= 0.6 is 0 Å². The van der Waals surface area contributed by atoms with Gasteiger partial charge in [0.2, 0.25) is 0 Å². The van der Waals surface area contributed by atoms with Crippen LogP contribution < -0.4 is 15.4 Å². The number of nitrogens with zero attached hydrogens (tertiary/aromatic N) is 1. The summed E-state index contributed by atoms with van der Waals surface area (Å²) in [5.74, 6) is 1.56. The third kappa shape index (κ3) is 8.61. The summed E-state index contributed by atoms with van der Waals surface area (Å²) >= 11 is 0. The molecule has 9 heteroatoms. The van der Waals surface area contributed by atoms with Crippen molar-refractivity contribution in [3.05, 3.63) is 125 Å². The molecule has 3 N–H and O–H groups in total. The number of hydrogen-bond donors (Lipinski definition) is 3. The molecule has 2 heterocycles. The summed E-state index contributed by atoms with van der Waals surface area (Å²) in [5.41, 5.74) is 4.48. The number of rotatable bonds is 12. The summed E-state index contributed by atoms with van der Waals surface area (Å²) < 4.78 is 24.7. The number of carbonyl (C=O) groups is 1. The third-order valence-corrected chi connectivity index (χ3v) is 9.19. The molecule has 2 fully saturated rings. The SMILES string of the molecule is COC[C@@H]1CCCN1C[C@@H]1O[C@H](c2ccc(CNC(=O)Nc3ccc(Oc4ccccc4)cc3)cc2)O[C@H](c2ccc(CO)cc2)[C@@H]1C. The van der Waals surface area contributed by atoms with Gasteiger partial charge < -0.3 is 34.7 Å². The van der Waals surface area contributed by atoms with E-state index in [0.717, 1.165) is 60.5 Å². The number of hydrogen-bond acceptors (Lipinski definition) is 7. The second-order valence-corrected chi connectivity index (χ2v) is 12.6. The predicted octanol–water partition coefficient (Wildman–Crippen LogP) is 7.20. The zero-order valence-corrected chi connectivity index (χ0v) is 27.6. The van der Waals surface area contributed by atoms with Gasteiger partial charge in [0.25, 0.3) is 0 Å². The topological polar surface area (TPSA) is 102 Å². The number of para-hydroxylation sites is 1. The Hall–Kier alpha value is -4.25. The zero-order chi connectivity index (χ0) is 33.3. The first-order valence-electron chi connectivity index (χ1n) is 16.7. The van der Waals surface area contributed by atoms with E-state index in [9.17, 15) is 9.90 Å². The standard InChI is InChI=1S/C39H45N3O6/c1-27-36(24-42-22-6-7-33(42)26-45-2)47-38(48-37(27)30-14-12-29(25-43)13-15-30)31-16-10-28(11-17-31)23-40-39(44)41-32-18-20-35(21-19-32)46-34-8-4-3-5-9-34/h3-5,8-21,27,33,36-38,43H,6-7,22-26H2,1-2H3,(H2,40,41,44)/t27-,33+,36+,37+,38+/m1/s1. The lowest BCUT2D eigenvalue weighted by atomic mass is 9.90. The second kappa shape index (κ2) is 16.2. The van der Waals surface area contributed by atoms with Gasteiger partial charge in [0.15, 0.2) is 6.29 Å². The molecule has 0 bridgehead atoms. The number of anilines is 1. The summed E-state index contributed by atoms with van der Waals surface area (Å²) in [4.78, 5) is 15.1. The number of nitrogens with one attached hydrogen (secondary N) is 2. The molecule has 6 rings (SSSR count). The Morgan fingerprint density at radius 3 is 2.27 bits per heavy atom. The van der Waals surface area contributed by atoms with E-state index in [1.807, 2.05) is 91.0 Å². The molecule has 2 saturated heterocycles. The first kappa shape index (κ1) is 33.6. The molecular formula is C39H45N3O6. The fraction of sp³-hybridized carbons (Fsp3) is 0.359. The van der Waals surface area contributed by atoms with E-state index < -0.39 is 6.29 Å². The average Bonchev–Trinajstić information content (AvgIpc) is 3.56. The van der Waals surface area contributed by atoms with Crippen LogP contribution in [0.25, 0.3) is 0 Å². The molecule has 0 aliphatic carbocycles. The number of benzene rings is 4. The second-order valence-electron chi connectivity index (χ2n) is 12.6. The minimum Gasteiger partial charge on any atom is -0.457 e. The molecule has 0 saturated carbocycles. The summed E-state index contributed by atoms with van der Waals surface area (Å²) in [6, 6.07) is 32.9. The first-order chi connectivity index (χ1) is 23.5. The van der Waals surface area contributed by atoms with Gasteiger partial charge in [-0.3, -0.25) is 4.90 Å². The van der Waals surface area contributed by atoms with Gasteiger partial charge in [0, 0.05) is 43.4 Å². The van der Waals surface area contributed by atoms with Crippen LogP contribution in [0, 0.1) is 5.92 Å². The fourth-order valence-corrected chi connectivity index (χ4v) is 6.46. The number of amides is 2. The first-order valence-corrected chi connectivity index (χ1v) is 16.7. The van der Waals surface area contributed by atoms with Crippen LogP contribution in [-0.4, -0.2) is 55.0 Å². The monoisotopic (exact) mass is 651 g/mol. The van der Waals surface area contributed by atoms with Gasteiger partial charge in [0.05, 0.1) is 25.4 Å². The molecule has 0 spiro atoms. The Labute approximate surface area is 282 Å². The summed E-state index contributed by atoms with van der Waals surface area (Å²) in [6.07, 6.45) is 1.52. The lowest BCUT2D eigenvalue weighted by Gasteiger charge is -2.43. The lowest BCUT2D eigenvalue weighted by molar-refractivity contribution is -0.276. The molecule has 0 aromatic heterocycles. The van der Waals surface area contributed by atoms with E-state index in [2.05, 4.69) is 22.5 Å². The van der Waals surface area contributed by atoms with Gasteiger partial charge in [0.1, 0.15) is 11.5 Å². The number of likely N-dealkylation sites (tertiary alicyclic amines) is 1. The Morgan fingerprint density at radius 2 is 1.56 bits per heavy atom. The smallest absolute Gasteiger partial charge is 0.319 e. The Bertz CT molecular complexity index is 1580. The lowest BCUT2D eigenvalue weighted by Crippen LogP contribution is -2.46. The van der Waals surface area contributed by atoms with Crippen LogP contribution in [0.5, 0.6) is 11.5 Å². The van der Waals surface area contributed by atoms with Gasteiger partial charge in [-0.05, 0) is 72.5 Å². The highest BCUT2D eigenvalue weighted by atomic mass is 16.7. The maximum atomic E-state index is 12.6. The Morgan fingerprint density at radius 1 is 0.875 bits per heavy atom. The largest absolute Gasteiger partial charge is 0.457 e. The zero-order valence-electron chi connectivity index (χ0n) is 27.6. The average molecular weight is 652 g/mol. The van der Waals surface area contributed by atoms with Crippen molar-refractivity contribution < 1.29 is 28.8 Å². The maximum Gasteiger partial charge on any atom is 0.319 e. The normalized spacial score (nSPS) is 22.7. The van der Waals surface area contributed by atoms with Crippen LogP contribution in [0.4, 0.5) is 10.5 Å². The van der Waals surface area contributed by atoms with Crippen molar-refractivity contribution in [3.63, 3.8) is 0 Å². The van der Waals surface area contributed by atoms with E-state index in [1.54, 1.807) is 19.2 Å². The number of ether oxygens (including phenoxy) is 4. The van der Waals surface area contributed by atoms with Crippen molar-refractivity contribution in [3.8, 4) is 11.5 Å². The fourth-order valence-electron chi connectivity index (χ4n) is 6.46. The summed E-state index contributed by atoms with van der Waals surface area (Å²) in [6.45, 7) is 5.12. The van der Waals surface area contributed by atoms with Crippen LogP contribution in [0.15, 0.2) is 103 Å². The molecule has 0 unspecified atom stereocenters. The molecule has 252 valence electrons. The predicted molar refractivity (Wildman–Crippen MR) is 185 cm³/mol. The highest BCUT2D eigenvalue weighted by molar-refractivity contribution is 5.89. The van der Waals surface area contributed by atoms with E-state index in [-0.39, 0.29) is 30.8 Å². The van der Waals surface area contributed by atoms with Crippen LogP contribution in [0.2, 0.25) is 0 Å². The molecular weight excluding hydrogens is 606 g/mol. The van der Waals surface area contributed by atoms with Crippen LogP contribution in [0.3, 0.4) is 0 Å². The quantitative estimate of drug-likeness (QED) is 0.149. The molecule has 2 aliphatic rings. The molecule has 4 aromatic carbocycles. The Kier molecular flexibility index (Phi) is 11.4. The highest BCUT2D eigenvalue weighted by Gasteiger charge is 2.40. The summed E-state index contributed by atoms with van der Waals surface area (Å²) in [7, 11) is 1.76. The maximum absolute atomic E-state index is 12.6. The summed E-state index contributed by atoms with van der Waals surface area (Å²) in [5, 5.41) is 15.4. The molecule has 48 heavy (non-hydrogen) atoms. The van der Waals surface area contributed by atoms with Crippen molar-refractivity contribution >= 4 is 11.7 Å². The molecule has 2 amide bonds. The highest BCUT2D eigenvalue weighted by Crippen LogP contribution is 2.42. The van der Waals surface area contributed by atoms with Gasteiger partial charge in [-0.1, -0.05) is 73.7 Å². The van der Waals surface area contributed by atoms with Gasteiger partial charge in [-0.25, -0.2) is 4.79 Å².